The SMILES string of the molecule is COc1cccc2c1CCC(N(Cc1ccccc1)Cc1ccccc1)O2.Cl. The van der Waals surface area contributed by atoms with Gasteiger partial charge >= 0.3 is 0 Å². The molecule has 146 valence electrons. The third-order valence-corrected chi connectivity index (χ3v) is 5.08. The molecule has 3 nitrogen and oxygen atoms in total. The number of hydrogen-bond donors (Lipinski definition) is 0. The molecule has 1 aliphatic heterocycles. The lowest BCUT2D eigenvalue weighted by atomic mass is 10.0. The van der Waals surface area contributed by atoms with Crippen LogP contribution in [-0.2, 0) is 19.5 Å². The van der Waals surface area contributed by atoms with Gasteiger partial charge in [-0.05, 0) is 29.7 Å². The molecule has 0 radical (unpaired) electrons. The molecule has 0 saturated carbocycles. The summed E-state index contributed by atoms with van der Waals surface area (Å²) in [4.78, 5) is 2.42. The predicted octanol–water partition coefficient (Wildman–Crippen LogP) is 5.47. The molecule has 1 unspecified atom stereocenters. The molecular formula is C24H26ClNO2. The fraction of sp³-hybridized carbons (Fsp3) is 0.250. The summed E-state index contributed by atoms with van der Waals surface area (Å²) in [6.07, 6.45) is 1.96. The molecule has 0 amide bonds. The van der Waals surface area contributed by atoms with Gasteiger partial charge in [0.05, 0.1) is 7.11 Å². The summed E-state index contributed by atoms with van der Waals surface area (Å²) in [7, 11) is 1.72. The number of nitrogens with zero attached hydrogens (tertiary/aromatic N) is 1. The summed E-state index contributed by atoms with van der Waals surface area (Å²) < 4.78 is 11.9. The molecule has 4 heteroatoms. The van der Waals surface area contributed by atoms with Crippen LogP contribution in [-0.4, -0.2) is 18.2 Å². The minimum Gasteiger partial charge on any atom is -0.496 e. The summed E-state index contributed by atoms with van der Waals surface area (Å²) in [5, 5.41) is 0. The van der Waals surface area contributed by atoms with Crippen LogP contribution in [0.5, 0.6) is 11.5 Å². The van der Waals surface area contributed by atoms with Gasteiger partial charge in [0.2, 0.25) is 0 Å². The average Bonchev–Trinajstić information content (AvgIpc) is 2.74. The van der Waals surface area contributed by atoms with Crippen molar-refractivity contribution in [3.05, 3.63) is 95.6 Å². The molecule has 1 heterocycles. The zero-order valence-corrected chi connectivity index (χ0v) is 16.9. The second-order valence-electron chi connectivity index (χ2n) is 6.92. The number of fused-ring (bicyclic) bond motifs is 1. The molecule has 4 rings (SSSR count). The highest BCUT2D eigenvalue weighted by molar-refractivity contribution is 5.85. The Bertz CT molecular complexity index is 829. The number of benzene rings is 3. The van der Waals surface area contributed by atoms with Crippen LogP contribution in [0.15, 0.2) is 78.9 Å². The summed E-state index contributed by atoms with van der Waals surface area (Å²) >= 11 is 0. The molecule has 0 spiro atoms. The van der Waals surface area contributed by atoms with E-state index in [1.807, 2.05) is 18.2 Å². The third-order valence-electron chi connectivity index (χ3n) is 5.08. The van der Waals surface area contributed by atoms with Gasteiger partial charge in [-0.2, -0.15) is 0 Å². The normalized spacial score (nSPS) is 15.3. The second kappa shape index (κ2) is 9.63. The van der Waals surface area contributed by atoms with Crippen LogP contribution >= 0.6 is 12.4 Å². The zero-order chi connectivity index (χ0) is 18.5. The highest BCUT2D eigenvalue weighted by Crippen LogP contribution is 2.35. The minimum absolute atomic E-state index is 0. The minimum atomic E-state index is 0. The highest BCUT2D eigenvalue weighted by Gasteiger charge is 2.27. The summed E-state index contributed by atoms with van der Waals surface area (Å²) in [5.41, 5.74) is 3.78. The summed E-state index contributed by atoms with van der Waals surface area (Å²) in [6.45, 7) is 1.72. The van der Waals surface area contributed by atoms with E-state index in [2.05, 4.69) is 65.6 Å². The lowest BCUT2D eigenvalue weighted by Gasteiger charge is -2.36. The predicted molar refractivity (Wildman–Crippen MR) is 115 cm³/mol. The maximum atomic E-state index is 6.43. The average molecular weight is 396 g/mol. The highest BCUT2D eigenvalue weighted by atomic mass is 35.5. The maximum absolute atomic E-state index is 6.43. The number of hydrogen-bond acceptors (Lipinski definition) is 3. The fourth-order valence-corrected chi connectivity index (χ4v) is 3.72. The molecule has 1 atom stereocenters. The van der Waals surface area contributed by atoms with Crippen molar-refractivity contribution in [1.29, 1.82) is 0 Å². The van der Waals surface area contributed by atoms with Gasteiger partial charge in [0.1, 0.15) is 11.5 Å². The van der Waals surface area contributed by atoms with E-state index >= 15 is 0 Å². The molecule has 28 heavy (non-hydrogen) atoms. The molecule has 0 aliphatic carbocycles. The first-order chi connectivity index (χ1) is 13.3. The molecule has 0 aromatic heterocycles. The Kier molecular flexibility index (Phi) is 6.96. The molecule has 0 bridgehead atoms. The van der Waals surface area contributed by atoms with E-state index in [9.17, 15) is 0 Å². The van der Waals surface area contributed by atoms with Gasteiger partial charge in [-0.25, -0.2) is 0 Å². The van der Waals surface area contributed by atoms with Gasteiger partial charge < -0.3 is 9.47 Å². The van der Waals surface area contributed by atoms with E-state index < -0.39 is 0 Å². The molecule has 0 fully saturated rings. The van der Waals surface area contributed by atoms with Crippen LogP contribution in [0.1, 0.15) is 23.1 Å². The van der Waals surface area contributed by atoms with Crippen molar-refractivity contribution in [2.75, 3.05) is 7.11 Å². The van der Waals surface area contributed by atoms with Crippen molar-refractivity contribution in [1.82, 2.24) is 4.90 Å². The van der Waals surface area contributed by atoms with Crippen LogP contribution in [0.4, 0.5) is 0 Å². The van der Waals surface area contributed by atoms with E-state index in [1.54, 1.807) is 7.11 Å². The van der Waals surface area contributed by atoms with Crippen molar-refractivity contribution in [3.63, 3.8) is 0 Å². The first-order valence-corrected chi connectivity index (χ1v) is 9.48. The van der Waals surface area contributed by atoms with Gasteiger partial charge in [-0.1, -0.05) is 66.7 Å². The number of ether oxygens (including phenoxy) is 2. The Balaban J connectivity index is 0.00000225. The third kappa shape index (κ3) is 4.67. The largest absolute Gasteiger partial charge is 0.496 e. The van der Waals surface area contributed by atoms with Crippen molar-refractivity contribution in [2.24, 2.45) is 0 Å². The first kappa shape index (κ1) is 20.2. The topological polar surface area (TPSA) is 21.7 Å². The van der Waals surface area contributed by atoms with Crippen LogP contribution in [0.3, 0.4) is 0 Å². The van der Waals surface area contributed by atoms with Gasteiger partial charge in [-0.15, -0.1) is 12.4 Å². The van der Waals surface area contributed by atoms with Gasteiger partial charge in [0.15, 0.2) is 6.23 Å². The van der Waals surface area contributed by atoms with Crippen LogP contribution < -0.4 is 9.47 Å². The lowest BCUT2D eigenvalue weighted by molar-refractivity contribution is -0.00268. The number of rotatable bonds is 6. The second-order valence-corrected chi connectivity index (χ2v) is 6.92. The standard InChI is InChI=1S/C24H25NO2.ClH/c1-26-22-13-8-14-23-21(22)15-16-24(27-23)25(17-19-9-4-2-5-10-19)18-20-11-6-3-7-12-20;/h2-14,24H,15-18H2,1H3;1H. The summed E-state index contributed by atoms with van der Waals surface area (Å²) in [5.74, 6) is 1.86. The molecule has 1 aliphatic rings. The molecule has 3 aromatic rings. The van der Waals surface area contributed by atoms with E-state index in [0.717, 1.165) is 37.4 Å². The Morgan fingerprint density at radius 1 is 0.857 bits per heavy atom. The van der Waals surface area contributed by atoms with E-state index in [1.165, 1.54) is 16.7 Å². The zero-order valence-electron chi connectivity index (χ0n) is 16.1. The van der Waals surface area contributed by atoms with Gasteiger partial charge in [-0.3, -0.25) is 4.90 Å². The first-order valence-electron chi connectivity index (χ1n) is 9.48. The Morgan fingerprint density at radius 3 is 2.04 bits per heavy atom. The van der Waals surface area contributed by atoms with Crippen LogP contribution in [0, 0.1) is 0 Å². The summed E-state index contributed by atoms with van der Waals surface area (Å²) in [6, 6.07) is 27.3. The van der Waals surface area contributed by atoms with Crippen molar-refractivity contribution >= 4 is 12.4 Å². The van der Waals surface area contributed by atoms with Crippen molar-refractivity contribution in [3.8, 4) is 11.5 Å². The molecule has 3 aromatic carbocycles. The van der Waals surface area contributed by atoms with E-state index in [-0.39, 0.29) is 18.6 Å². The van der Waals surface area contributed by atoms with Crippen LogP contribution in [0.2, 0.25) is 0 Å². The molecule has 0 saturated heterocycles. The van der Waals surface area contributed by atoms with E-state index in [4.69, 9.17) is 9.47 Å². The monoisotopic (exact) mass is 395 g/mol. The quantitative estimate of drug-likeness (QED) is 0.552. The van der Waals surface area contributed by atoms with Crippen LogP contribution in [0.25, 0.3) is 0 Å². The number of methoxy groups -OCH3 is 1. The Labute approximate surface area is 173 Å². The van der Waals surface area contributed by atoms with Gasteiger partial charge in [0.25, 0.3) is 0 Å². The van der Waals surface area contributed by atoms with Gasteiger partial charge in [0, 0.05) is 25.1 Å². The maximum Gasteiger partial charge on any atom is 0.153 e. The number of halogens is 1. The van der Waals surface area contributed by atoms with Crippen molar-refractivity contribution < 1.29 is 9.47 Å². The smallest absolute Gasteiger partial charge is 0.153 e. The molecular weight excluding hydrogens is 370 g/mol. The lowest BCUT2D eigenvalue weighted by Crippen LogP contribution is -2.41. The van der Waals surface area contributed by atoms with E-state index in [0.29, 0.717) is 0 Å². The Hall–Kier alpha value is -2.49. The fourth-order valence-electron chi connectivity index (χ4n) is 3.72. The van der Waals surface area contributed by atoms with Crippen molar-refractivity contribution in [2.45, 2.75) is 32.2 Å². The Morgan fingerprint density at radius 2 is 1.46 bits per heavy atom. The molecule has 0 N–H and O–H groups in total.